The molecule has 0 aliphatic carbocycles. The van der Waals surface area contributed by atoms with E-state index in [0.717, 1.165) is 16.7 Å². The Kier molecular flexibility index (Phi) is 4.53. The first kappa shape index (κ1) is 12.3. The van der Waals surface area contributed by atoms with Crippen LogP contribution >= 0.6 is 0 Å². The summed E-state index contributed by atoms with van der Waals surface area (Å²) in [6, 6.07) is 6.30. The Balaban J connectivity index is 3.06. The Hall–Kier alpha value is -1.82. The van der Waals surface area contributed by atoms with Crippen molar-refractivity contribution in [2.75, 3.05) is 0 Å². The number of benzene rings is 1. The highest BCUT2D eigenvalue weighted by Crippen LogP contribution is 2.21. The Labute approximate surface area is 98.3 Å². The first-order valence-electron chi connectivity index (χ1n) is 5.40. The third-order valence-electron chi connectivity index (χ3n) is 2.38. The summed E-state index contributed by atoms with van der Waals surface area (Å²) < 4.78 is 0. The van der Waals surface area contributed by atoms with Gasteiger partial charge in [0.25, 0.3) is 0 Å². The molecule has 0 spiro atoms. The van der Waals surface area contributed by atoms with Gasteiger partial charge in [0.1, 0.15) is 0 Å². The highest BCUT2D eigenvalue weighted by Gasteiger charge is 2.01. The first-order chi connectivity index (χ1) is 7.69. The maximum Gasteiger partial charge on any atom is -0.0115 e. The van der Waals surface area contributed by atoms with Gasteiger partial charge in [0, 0.05) is 0 Å². The fourth-order valence-corrected chi connectivity index (χ4v) is 1.50. The van der Waals surface area contributed by atoms with E-state index in [1.54, 1.807) is 0 Å². The molecule has 0 heteroatoms. The van der Waals surface area contributed by atoms with Gasteiger partial charge in [-0.3, -0.25) is 0 Å². The van der Waals surface area contributed by atoms with Gasteiger partial charge in [-0.1, -0.05) is 67.3 Å². The lowest BCUT2D eigenvalue weighted by Gasteiger charge is -2.07. The fourth-order valence-electron chi connectivity index (χ4n) is 1.50. The van der Waals surface area contributed by atoms with E-state index >= 15 is 0 Å². The zero-order valence-electron chi connectivity index (χ0n) is 10.0. The lowest BCUT2D eigenvalue weighted by molar-refractivity contribution is 1.44. The molecule has 0 amide bonds. The quantitative estimate of drug-likeness (QED) is 0.627. The molecule has 0 fully saturated rings. The molecule has 0 aliphatic heterocycles. The van der Waals surface area contributed by atoms with Crippen LogP contribution in [0.1, 0.15) is 23.6 Å². The zero-order chi connectivity index (χ0) is 12.0. The van der Waals surface area contributed by atoms with Gasteiger partial charge < -0.3 is 0 Å². The van der Waals surface area contributed by atoms with Crippen molar-refractivity contribution in [2.24, 2.45) is 0 Å². The molecule has 0 nitrogen and oxygen atoms in total. The summed E-state index contributed by atoms with van der Waals surface area (Å²) >= 11 is 0. The molecule has 0 saturated heterocycles. The molecule has 1 aromatic carbocycles. The molecule has 16 heavy (non-hydrogen) atoms. The van der Waals surface area contributed by atoms with E-state index in [2.05, 4.69) is 38.3 Å². The van der Waals surface area contributed by atoms with Crippen molar-refractivity contribution in [3.8, 4) is 0 Å². The number of hydrogen-bond donors (Lipinski definition) is 0. The minimum Gasteiger partial charge on any atom is -0.0984 e. The molecule has 0 N–H and O–H groups in total. The summed E-state index contributed by atoms with van der Waals surface area (Å²) in [4.78, 5) is 0. The van der Waals surface area contributed by atoms with E-state index in [4.69, 9.17) is 0 Å². The first-order valence-corrected chi connectivity index (χ1v) is 5.40. The highest BCUT2D eigenvalue weighted by atomic mass is 14.1. The van der Waals surface area contributed by atoms with Crippen molar-refractivity contribution in [1.82, 2.24) is 0 Å². The van der Waals surface area contributed by atoms with Gasteiger partial charge in [0.05, 0.1) is 0 Å². The van der Waals surface area contributed by atoms with Crippen molar-refractivity contribution >= 4 is 11.6 Å². The van der Waals surface area contributed by atoms with Crippen LogP contribution in [0.3, 0.4) is 0 Å². The smallest absolute Gasteiger partial charge is 0.0115 e. The summed E-state index contributed by atoms with van der Waals surface area (Å²) in [6.07, 6.45) is 9.87. The van der Waals surface area contributed by atoms with Gasteiger partial charge in [0.15, 0.2) is 0 Å². The second-order valence-electron chi connectivity index (χ2n) is 3.70. The minimum absolute atomic E-state index is 1.01. The van der Waals surface area contributed by atoms with Crippen LogP contribution in [0.15, 0.2) is 55.7 Å². The molecule has 0 aromatic heterocycles. The lowest BCUT2D eigenvalue weighted by atomic mass is 9.98. The van der Waals surface area contributed by atoms with Crippen LogP contribution in [0.25, 0.3) is 11.6 Å². The topological polar surface area (TPSA) is 0 Å². The number of rotatable bonds is 4. The van der Waals surface area contributed by atoms with E-state index < -0.39 is 0 Å². The number of aryl methyl sites for hydroxylation is 1. The molecule has 0 saturated carbocycles. The third-order valence-corrected chi connectivity index (χ3v) is 2.38. The van der Waals surface area contributed by atoms with Gasteiger partial charge in [-0.05, 0) is 30.5 Å². The predicted molar refractivity (Wildman–Crippen MR) is 74.3 cm³/mol. The SMILES string of the molecule is C=Cc1ccc(C)cc1C(=C)/C=C\C=C/C. The Bertz CT molecular complexity index is 445. The molecule has 0 bridgehead atoms. The lowest BCUT2D eigenvalue weighted by Crippen LogP contribution is -1.86. The summed E-state index contributed by atoms with van der Waals surface area (Å²) in [6.45, 7) is 12.0. The molecule has 0 atom stereocenters. The molecule has 0 aliphatic rings. The van der Waals surface area contributed by atoms with E-state index in [0.29, 0.717) is 0 Å². The Morgan fingerprint density at radius 2 is 2.00 bits per heavy atom. The van der Waals surface area contributed by atoms with Crippen LogP contribution in [0.5, 0.6) is 0 Å². The highest BCUT2D eigenvalue weighted by molar-refractivity contribution is 5.79. The van der Waals surface area contributed by atoms with Crippen LogP contribution in [-0.2, 0) is 0 Å². The van der Waals surface area contributed by atoms with Crippen molar-refractivity contribution in [1.29, 1.82) is 0 Å². The van der Waals surface area contributed by atoms with Crippen LogP contribution in [-0.4, -0.2) is 0 Å². The second-order valence-corrected chi connectivity index (χ2v) is 3.70. The monoisotopic (exact) mass is 210 g/mol. The average molecular weight is 210 g/mol. The molecule has 1 aromatic rings. The summed E-state index contributed by atoms with van der Waals surface area (Å²) in [7, 11) is 0. The van der Waals surface area contributed by atoms with E-state index in [-0.39, 0.29) is 0 Å². The van der Waals surface area contributed by atoms with E-state index in [1.807, 2.05) is 37.3 Å². The summed E-state index contributed by atoms with van der Waals surface area (Å²) in [5, 5.41) is 0. The number of allylic oxidation sites excluding steroid dienone is 5. The standard InChI is InChI=1S/C16H18/c1-5-7-8-9-14(4)16-12-13(3)10-11-15(16)6-2/h5-12H,2,4H2,1,3H3/b7-5-,9-8-. The molecule has 0 heterocycles. The molecule has 0 radical (unpaired) electrons. The van der Waals surface area contributed by atoms with Crippen molar-refractivity contribution in [2.45, 2.75) is 13.8 Å². The van der Waals surface area contributed by atoms with Crippen molar-refractivity contribution in [3.05, 3.63) is 72.4 Å². The third kappa shape index (κ3) is 3.09. The van der Waals surface area contributed by atoms with Crippen molar-refractivity contribution < 1.29 is 0 Å². The fraction of sp³-hybridized carbons (Fsp3) is 0.125. The van der Waals surface area contributed by atoms with Gasteiger partial charge in [-0.25, -0.2) is 0 Å². The molecular formula is C16H18. The molecule has 0 unspecified atom stereocenters. The van der Waals surface area contributed by atoms with Gasteiger partial charge in [0.2, 0.25) is 0 Å². The maximum atomic E-state index is 4.08. The Morgan fingerprint density at radius 1 is 1.25 bits per heavy atom. The van der Waals surface area contributed by atoms with Gasteiger partial charge >= 0.3 is 0 Å². The van der Waals surface area contributed by atoms with Gasteiger partial charge in [-0.2, -0.15) is 0 Å². The molecular weight excluding hydrogens is 192 g/mol. The van der Waals surface area contributed by atoms with Crippen LogP contribution in [0.2, 0.25) is 0 Å². The van der Waals surface area contributed by atoms with Crippen LogP contribution in [0.4, 0.5) is 0 Å². The van der Waals surface area contributed by atoms with Crippen LogP contribution in [0, 0.1) is 6.92 Å². The Morgan fingerprint density at radius 3 is 2.62 bits per heavy atom. The minimum atomic E-state index is 1.01. The number of hydrogen-bond acceptors (Lipinski definition) is 0. The molecule has 82 valence electrons. The summed E-state index contributed by atoms with van der Waals surface area (Å²) in [5.41, 5.74) is 4.52. The zero-order valence-corrected chi connectivity index (χ0v) is 10.0. The van der Waals surface area contributed by atoms with Crippen molar-refractivity contribution in [3.63, 3.8) is 0 Å². The van der Waals surface area contributed by atoms with Gasteiger partial charge in [-0.15, -0.1) is 0 Å². The molecule has 1 rings (SSSR count). The second kappa shape index (κ2) is 5.92. The average Bonchev–Trinajstić information content (AvgIpc) is 2.29. The van der Waals surface area contributed by atoms with E-state index in [9.17, 15) is 0 Å². The largest absolute Gasteiger partial charge is 0.0984 e. The maximum absolute atomic E-state index is 4.08. The van der Waals surface area contributed by atoms with E-state index in [1.165, 1.54) is 5.56 Å². The normalized spacial score (nSPS) is 11.1. The summed E-state index contributed by atoms with van der Waals surface area (Å²) in [5.74, 6) is 0. The van der Waals surface area contributed by atoms with Crippen LogP contribution < -0.4 is 0 Å². The predicted octanol–water partition coefficient (Wildman–Crippen LogP) is 4.78.